The summed E-state index contributed by atoms with van der Waals surface area (Å²) in [4.78, 5) is 26.4. The van der Waals surface area contributed by atoms with Gasteiger partial charge in [0.25, 0.3) is 5.91 Å². The van der Waals surface area contributed by atoms with E-state index in [-0.39, 0.29) is 24.2 Å². The van der Waals surface area contributed by atoms with Crippen LogP contribution in [0.5, 0.6) is 0 Å². The predicted molar refractivity (Wildman–Crippen MR) is 99.8 cm³/mol. The lowest BCUT2D eigenvalue weighted by Gasteiger charge is -2.26. The summed E-state index contributed by atoms with van der Waals surface area (Å²) in [5.41, 5.74) is 2.84. The molecule has 1 aliphatic heterocycles. The predicted octanol–water partition coefficient (Wildman–Crippen LogP) is 2.80. The fraction of sp³-hybridized carbons (Fsp3) is 0.190. The minimum Gasteiger partial charge on any atom is -0.356 e. The zero-order valence-corrected chi connectivity index (χ0v) is 15.0. The summed E-state index contributed by atoms with van der Waals surface area (Å²) < 4.78 is 18.6. The molecule has 0 spiro atoms. The maximum atomic E-state index is 13.2. The van der Waals surface area contributed by atoms with Crippen LogP contribution in [0, 0.1) is 5.82 Å². The smallest absolute Gasteiger partial charge is 0.251 e. The molecule has 2 aromatic carbocycles. The summed E-state index contributed by atoms with van der Waals surface area (Å²) in [7, 11) is 0. The van der Waals surface area contributed by atoms with Gasteiger partial charge < -0.3 is 14.7 Å². The van der Waals surface area contributed by atoms with Gasteiger partial charge in [0.05, 0.1) is 18.8 Å². The van der Waals surface area contributed by atoms with E-state index < -0.39 is 0 Å². The Morgan fingerprint density at radius 1 is 1.11 bits per heavy atom. The first-order valence-electron chi connectivity index (χ1n) is 8.96. The number of carbonyl (C=O) groups excluding carboxylic acids is 2. The van der Waals surface area contributed by atoms with Gasteiger partial charge in [0.2, 0.25) is 5.91 Å². The Kier molecular flexibility index (Phi) is 4.89. The van der Waals surface area contributed by atoms with Crippen molar-refractivity contribution < 1.29 is 18.5 Å². The second-order valence-corrected chi connectivity index (χ2v) is 6.56. The molecule has 7 heteroatoms. The van der Waals surface area contributed by atoms with Crippen LogP contribution in [0.3, 0.4) is 0 Å². The minimum atomic E-state index is -0.330. The maximum Gasteiger partial charge on any atom is 0.251 e. The molecular formula is C21H18FN3O3. The molecule has 28 heavy (non-hydrogen) atoms. The molecule has 4 rings (SSSR count). The van der Waals surface area contributed by atoms with Crippen LogP contribution in [0.25, 0.3) is 11.3 Å². The van der Waals surface area contributed by atoms with Gasteiger partial charge in [-0.15, -0.1) is 0 Å². The van der Waals surface area contributed by atoms with Gasteiger partial charge in [-0.1, -0.05) is 23.4 Å². The highest BCUT2D eigenvalue weighted by Crippen LogP contribution is 2.30. The first kappa shape index (κ1) is 17.9. The third-order valence-corrected chi connectivity index (χ3v) is 4.73. The zero-order chi connectivity index (χ0) is 19.5. The molecule has 0 bridgehead atoms. The minimum absolute atomic E-state index is 0.0831. The van der Waals surface area contributed by atoms with Crippen LogP contribution in [-0.2, 0) is 17.8 Å². The lowest BCUT2D eigenvalue weighted by Crippen LogP contribution is -2.42. The largest absolute Gasteiger partial charge is 0.356 e. The van der Waals surface area contributed by atoms with Crippen LogP contribution < -0.4 is 5.32 Å². The van der Waals surface area contributed by atoms with Crippen molar-refractivity contribution in [3.05, 3.63) is 77.2 Å². The highest BCUT2D eigenvalue weighted by molar-refractivity contribution is 5.96. The first-order chi connectivity index (χ1) is 13.6. The molecular weight excluding hydrogens is 361 g/mol. The molecule has 0 fully saturated rings. The van der Waals surface area contributed by atoms with Crippen LogP contribution in [0.15, 0.2) is 59.1 Å². The van der Waals surface area contributed by atoms with E-state index in [9.17, 15) is 14.0 Å². The van der Waals surface area contributed by atoms with Crippen molar-refractivity contribution >= 4 is 11.8 Å². The van der Waals surface area contributed by atoms with E-state index in [2.05, 4.69) is 10.5 Å². The molecule has 0 saturated carbocycles. The van der Waals surface area contributed by atoms with Gasteiger partial charge in [0, 0.05) is 29.7 Å². The van der Waals surface area contributed by atoms with Crippen LogP contribution in [0.2, 0.25) is 0 Å². The molecule has 3 aromatic rings. The molecule has 6 nitrogen and oxygen atoms in total. The lowest BCUT2D eigenvalue weighted by atomic mass is 10.0. The summed E-state index contributed by atoms with van der Waals surface area (Å²) in [6.07, 6.45) is 0.568. The molecule has 0 radical (unpaired) electrons. The van der Waals surface area contributed by atoms with E-state index in [4.69, 9.17) is 4.52 Å². The molecule has 2 heterocycles. The molecule has 0 atom stereocenters. The molecule has 1 aliphatic rings. The Balaban J connectivity index is 1.43. The van der Waals surface area contributed by atoms with E-state index in [1.807, 2.05) is 6.07 Å². The Morgan fingerprint density at radius 2 is 1.86 bits per heavy atom. The number of fused-ring (bicyclic) bond motifs is 1. The highest BCUT2D eigenvalue weighted by atomic mass is 19.1. The Labute approximate surface area is 160 Å². The zero-order valence-electron chi connectivity index (χ0n) is 15.0. The van der Waals surface area contributed by atoms with Gasteiger partial charge in [-0.3, -0.25) is 9.59 Å². The van der Waals surface area contributed by atoms with Crippen molar-refractivity contribution in [1.82, 2.24) is 15.4 Å². The van der Waals surface area contributed by atoms with Gasteiger partial charge in [0.15, 0.2) is 5.76 Å². The summed E-state index contributed by atoms with van der Waals surface area (Å²) in [5.74, 6) is -0.256. The Hall–Kier alpha value is -3.48. The van der Waals surface area contributed by atoms with Crippen LogP contribution in [0.4, 0.5) is 4.39 Å². The number of halogens is 1. The number of hydrogen-bond donors (Lipinski definition) is 1. The van der Waals surface area contributed by atoms with Gasteiger partial charge >= 0.3 is 0 Å². The van der Waals surface area contributed by atoms with Crippen LogP contribution in [0.1, 0.15) is 21.6 Å². The molecule has 2 amide bonds. The molecule has 1 N–H and O–H groups in total. The van der Waals surface area contributed by atoms with Gasteiger partial charge in [0.1, 0.15) is 5.82 Å². The fourth-order valence-electron chi connectivity index (χ4n) is 3.21. The Morgan fingerprint density at radius 3 is 2.61 bits per heavy atom. The Bertz CT molecular complexity index is 999. The topological polar surface area (TPSA) is 75.4 Å². The SMILES string of the molecule is O=C(NCC(=O)N1CCc2noc(-c3ccc(F)cc3)c2C1)c1ccccc1. The number of rotatable bonds is 4. The van der Waals surface area contributed by atoms with Crippen molar-refractivity contribution in [3.8, 4) is 11.3 Å². The molecule has 1 aromatic heterocycles. The van der Waals surface area contributed by atoms with Crippen molar-refractivity contribution in [3.63, 3.8) is 0 Å². The molecule has 0 unspecified atom stereocenters. The quantitative estimate of drug-likeness (QED) is 0.756. The van der Waals surface area contributed by atoms with E-state index in [1.54, 1.807) is 41.3 Å². The van der Waals surface area contributed by atoms with Crippen molar-refractivity contribution in [2.24, 2.45) is 0 Å². The second kappa shape index (κ2) is 7.64. The lowest BCUT2D eigenvalue weighted by molar-refractivity contribution is -0.131. The number of carbonyl (C=O) groups is 2. The monoisotopic (exact) mass is 379 g/mol. The standard InChI is InChI=1S/C21H18FN3O3/c22-16-8-6-14(7-9-16)20-17-13-25(11-10-18(17)24-28-20)19(26)12-23-21(27)15-4-2-1-3-5-15/h1-9H,10-13H2,(H,23,27). The maximum absolute atomic E-state index is 13.2. The third kappa shape index (κ3) is 3.64. The molecule has 142 valence electrons. The van der Waals surface area contributed by atoms with E-state index in [1.165, 1.54) is 12.1 Å². The second-order valence-electron chi connectivity index (χ2n) is 6.56. The van der Waals surface area contributed by atoms with Crippen molar-refractivity contribution in [1.29, 1.82) is 0 Å². The normalized spacial score (nSPS) is 13.1. The van der Waals surface area contributed by atoms with Crippen LogP contribution in [-0.4, -0.2) is 35.0 Å². The highest BCUT2D eigenvalue weighted by Gasteiger charge is 2.27. The number of nitrogens with one attached hydrogen (secondary N) is 1. The number of aromatic nitrogens is 1. The fourth-order valence-corrected chi connectivity index (χ4v) is 3.21. The van der Waals surface area contributed by atoms with Gasteiger partial charge in [-0.05, 0) is 36.4 Å². The van der Waals surface area contributed by atoms with Crippen LogP contribution >= 0.6 is 0 Å². The van der Waals surface area contributed by atoms with E-state index in [0.717, 1.165) is 11.3 Å². The molecule has 0 aliphatic carbocycles. The van der Waals surface area contributed by atoms with E-state index >= 15 is 0 Å². The van der Waals surface area contributed by atoms with Gasteiger partial charge in [-0.2, -0.15) is 0 Å². The molecule has 0 saturated heterocycles. The number of benzene rings is 2. The summed E-state index contributed by atoms with van der Waals surface area (Å²) >= 11 is 0. The van der Waals surface area contributed by atoms with Gasteiger partial charge in [-0.25, -0.2) is 4.39 Å². The van der Waals surface area contributed by atoms with Crippen molar-refractivity contribution in [2.75, 3.05) is 13.1 Å². The summed E-state index contributed by atoms with van der Waals surface area (Å²) in [5, 5.41) is 6.74. The summed E-state index contributed by atoms with van der Waals surface area (Å²) in [6, 6.07) is 14.7. The average Bonchev–Trinajstić information content (AvgIpc) is 3.16. The van der Waals surface area contributed by atoms with Crippen molar-refractivity contribution in [2.45, 2.75) is 13.0 Å². The average molecular weight is 379 g/mol. The summed E-state index contributed by atoms with van der Waals surface area (Å²) in [6.45, 7) is 0.758. The third-order valence-electron chi connectivity index (χ3n) is 4.73. The number of hydrogen-bond acceptors (Lipinski definition) is 4. The van der Waals surface area contributed by atoms with E-state index in [0.29, 0.717) is 36.4 Å². The first-order valence-corrected chi connectivity index (χ1v) is 8.96. The number of nitrogens with zero attached hydrogens (tertiary/aromatic N) is 2. The number of amides is 2.